The van der Waals surface area contributed by atoms with E-state index in [2.05, 4.69) is 4.98 Å². The SMILES string of the molecule is O=C1C(Cc2ccc(-c3cccnc3)cc2Cl)CCN1C1CC2CC1C(O)C2O. The molecule has 29 heavy (non-hydrogen) atoms. The number of rotatable bonds is 4. The molecular weight excluding hydrogens is 388 g/mol. The summed E-state index contributed by atoms with van der Waals surface area (Å²) in [7, 11) is 0. The summed E-state index contributed by atoms with van der Waals surface area (Å²) in [6.45, 7) is 0.728. The highest BCUT2D eigenvalue weighted by molar-refractivity contribution is 6.31. The van der Waals surface area contributed by atoms with Crippen molar-refractivity contribution in [3.63, 3.8) is 0 Å². The van der Waals surface area contributed by atoms with Crippen LogP contribution in [0.3, 0.4) is 0 Å². The largest absolute Gasteiger partial charge is 0.390 e. The Morgan fingerprint density at radius 2 is 2.00 bits per heavy atom. The van der Waals surface area contributed by atoms with Crippen molar-refractivity contribution >= 4 is 17.5 Å². The summed E-state index contributed by atoms with van der Waals surface area (Å²) in [6, 6.07) is 9.95. The van der Waals surface area contributed by atoms with Crippen LogP contribution in [0.1, 0.15) is 24.8 Å². The van der Waals surface area contributed by atoms with E-state index in [-0.39, 0.29) is 29.7 Å². The van der Waals surface area contributed by atoms with Crippen LogP contribution in [0.2, 0.25) is 5.02 Å². The predicted molar refractivity (Wildman–Crippen MR) is 110 cm³/mol. The minimum absolute atomic E-state index is 0.0139. The number of fused-ring (bicyclic) bond motifs is 2. The summed E-state index contributed by atoms with van der Waals surface area (Å²) in [6.07, 6.45) is 5.31. The Morgan fingerprint density at radius 3 is 2.69 bits per heavy atom. The Kier molecular flexibility index (Phi) is 4.85. The normalized spacial score (nSPS) is 33.6. The molecule has 2 aromatic rings. The van der Waals surface area contributed by atoms with E-state index in [1.807, 2.05) is 41.4 Å². The third kappa shape index (κ3) is 3.25. The maximum Gasteiger partial charge on any atom is 0.226 e. The maximum absolute atomic E-state index is 13.1. The van der Waals surface area contributed by atoms with E-state index in [0.717, 1.165) is 42.5 Å². The molecule has 1 aromatic carbocycles. The second-order valence-corrected chi connectivity index (χ2v) is 9.12. The van der Waals surface area contributed by atoms with E-state index in [0.29, 0.717) is 11.4 Å². The van der Waals surface area contributed by atoms with Crippen molar-refractivity contribution in [2.45, 2.75) is 43.9 Å². The van der Waals surface area contributed by atoms with Crippen LogP contribution in [0.4, 0.5) is 0 Å². The molecule has 1 aliphatic heterocycles. The van der Waals surface area contributed by atoms with Crippen LogP contribution in [0.25, 0.3) is 11.1 Å². The van der Waals surface area contributed by atoms with Gasteiger partial charge in [0.2, 0.25) is 5.91 Å². The Morgan fingerprint density at radius 1 is 1.14 bits per heavy atom. The highest BCUT2D eigenvalue weighted by Crippen LogP contribution is 2.48. The fourth-order valence-electron chi connectivity index (χ4n) is 5.60. The smallest absolute Gasteiger partial charge is 0.226 e. The second kappa shape index (κ2) is 7.38. The average Bonchev–Trinajstić information content (AvgIpc) is 3.39. The summed E-state index contributed by atoms with van der Waals surface area (Å²) in [5, 5.41) is 21.0. The van der Waals surface area contributed by atoms with Gasteiger partial charge >= 0.3 is 0 Å². The fourth-order valence-corrected chi connectivity index (χ4v) is 5.86. The molecule has 6 atom stereocenters. The highest BCUT2D eigenvalue weighted by Gasteiger charge is 2.55. The molecule has 2 aliphatic carbocycles. The van der Waals surface area contributed by atoms with Gasteiger partial charge in [0, 0.05) is 47.4 Å². The first-order chi connectivity index (χ1) is 14.0. The molecule has 6 unspecified atom stereocenters. The Hall–Kier alpha value is -1.95. The molecule has 3 aliphatic rings. The number of likely N-dealkylation sites (tertiary alicyclic amines) is 1. The number of aliphatic hydroxyl groups is 2. The molecule has 0 spiro atoms. The van der Waals surface area contributed by atoms with E-state index in [4.69, 9.17) is 11.6 Å². The molecule has 152 valence electrons. The minimum Gasteiger partial charge on any atom is -0.390 e. The molecule has 0 radical (unpaired) electrons. The molecule has 5 rings (SSSR count). The number of halogens is 1. The van der Waals surface area contributed by atoms with E-state index >= 15 is 0 Å². The predicted octanol–water partition coefficient (Wildman–Crippen LogP) is 2.92. The molecule has 2 heterocycles. The van der Waals surface area contributed by atoms with Crippen molar-refractivity contribution in [2.75, 3.05) is 6.54 Å². The quantitative estimate of drug-likeness (QED) is 0.809. The zero-order valence-electron chi connectivity index (χ0n) is 16.1. The molecule has 2 bridgehead atoms. The van der Waals surface area contributed by atoms with Crippen LogP contribution < -0.4 is 0 Å². The zero-order chi connectivity index (χ0) is 20.1. The monoisotopic (exact) mass is 412 g/mol. The van der Waals surface area contributed by atoms with Gasteiger partial charge in [0.05, 0.1) is 12.2 Å². The van der Waals surface area contributed by atoms with Gasteiger partial charge in [-0.15, -0.1) is 0 Å². The number of aromatic nitrogens is 1. The third-order valence-electron chi connectivity index (χ3n) is 7.15. The topological polar surface area (TPSA) is 73.7 Å². The molecule has 3 fully saturated rings. The van der Waals surface area contributed by atoms with Gasteiger partial charge < -0.3 is 15.1 Å². The summed E-state index contributed by atoms with van der Waals surface area (Å²) in [4.78, 5) is 19.2. The van der Waals surface area contributed by atoms with Gasteiger partial charge in [0.15, 0.2) is 0 Å². The van der Waals surface area contributed by atoms with Crippen molar-refractivity contribution < 1.29 is 15.0 Å². The Balaban J connectivity index is 1.28. The third-order valence-corrected chi connectivity index (χ3v) is 7.50. The second-order valence-electron chi connectivity index (χ2n) is 8.71. The molecule has 1 aromatic heterocycles. The Labute approximate surface area is 175 Å². The lowest BCUT2D eigenvalue weighted by molar-refractivity contribution is -0.136. The van der Waals surface area contributed by atoms with Gasteiger partial charge in [-0.1, -0.05) is 29.8 Å². The van der Waals surface area contributed by atoms with Crippen molar-refractivity contribution in [3.8, 4) is 11.1 Å². The first-order valence-electron chi connectivity index (χ1n) is 10.4. The zero-order valence-corrected chi connectivity index (χ0v) is 16.9. The molecule has 1 saturated heterocycles. The maximum atomic E-state index is 13.1. The first-order valence-corrected chi connectivity index (χ1v) is 10.8. The molecule has 2 N–H and O–H groups in total. The number of amides is 1. The van der Waals surface area contributed by atoms with Crippen molar-refractivity contribution in [1.82, 2.24) is 9.88 Å². The van der Waals surface area contributed by atoms with Crippen molar-refractivity contribution in [3.05, 3.63) is 53.3 Å². The molecule has 1 amide bonds. The van der Waals surface area contributed by atoms with Crippen LogP contribution >= 0.6 is 11.6 Å². The van der Waals surface area contributed by atoms with Crippen LogP contribution in [0.15, 0.2) is 42.7 Å². The number of aliphatic hydroxyl groups excluding tert-OH is 2. The minimum atomic E-state index is -0.694. The molecule has 5 nitrogen and oxygen atoms in total. The molecular formula is C23H25ClN2O3. The number of benzene rings is 1. The Bertz CT molecular complexity index is 920. The van der Waals surface area contributed by atoms with Crippen LogP contribution in [0, 0.1) is 17.8 Å². The fraction of sp³-hybridized carbons (Fsp3) is 0.478. The number of hydrogen-bond donors (Lipinski definition) is 2. The number of nitrogens with zero attached hydrogens (tertiary/aromatic N) is 2. The van der Waals surface area contributed by atoms with Gasteiger partial charge in [0.25, 0.3) is 0 Å². The van der Waals surface area contributed by atoms with Crippen molar-refractivity contribution in [1.29, 1.82) is 0 Å². The van der Waals surface area contributed by atoms with Gasteiger partial charge in [-0.25, -0.2) is 0 Å². The summed E-state index contributed by atoms with van der Waals surface area (Å²) < 4.78 is 0. The standard InChI is InChI=1S/C23H25ClN2O3/c24-19-10-13(16-2-1-6-25-12-16)3-4-14(19)8-15-5-7-26(23(15)29)20-11-17-9-18(20)22(28)21(17)27/h1-4,6,10,12,15,17-18,20-22,27-28H,5,7-9,11H2. The summed E-state index contributed by atoms with van der Waals surface area (Å²) in [5.74, 6) is 0.232. The average molecular weight is 413 g/mol. The summed E-state index contributed by atoms with van der Waals surface area (Å²) in [5.41, 5.74) is 3.02. The van der Waals surface area contributed by atoms with Gasteiger partial charge in [-0.2, -0.15) is 0 Å². The van der Waals surface area contributed by atoms with E-state index in [1.165, 1.54) is 0 Å². The lowest BCUT2D eigenvalue weighted by atomic mass is 9.89. The lowest BCUT2D eigenvalue weighted by Crippen LogP contribution is -2.48. The van der Waals surface area contributed by atoms with E-state index in [9.17, 15) is 15.0 Å². The van der Waals surface area contributed by atoms with Gasteiger partial charge in [-0.3, -0.25) is 9.78 Å². The highest BCUT2D eigenvalue weighted by atomic mass is 35.5. The summed E-state index contributed by atoms with van der Waals surface area (Å²) >= 11 is 6.55. The number of carbonyl (C=O) groups excluding carboxylic acids is 1. The van der Waals surface area contributed by atoms with Gasteiger partial charge in [0.1, 0.15) is 0 Å². The number of pyridine rings is 1. The van der Waals surface area contributed by atoms with Crippen LogP contribution in [-0.2, 0) is 11.2 Å². The lowest BCUT2D eigenvalue weighted by Gasteiger charge is -2.36. The van der Waals surface area contributed by atoms with Gasteiger partial charge in [-0.05, 0) is 54.9 Å². The van der Waals surface area contributed by atoms with E-state index in [1.54, 1.807) is 6.20 Å². The van der Waals surface area contributed by atoms with Crippen molar-refractivity contribution in [2.24, 2.45) is 17.8 Å². The van der Waals surface area contributed by atoms with Crippen LogP contribution in [-0.4, -0.2) is 50.8 Å². The molecule has 6 heteroatoms. The number of hydrogen-bond acceptors (Lipinski definition) is 4. The number of carbonyl (C=O) groups is 1. The van der Waals surface area contributed by atoms with E-state index < -0.39 is 12.2 Å². The van der Waals surface area contributed by atoms with Crippen LogP contribution in [0.5, 0.6) is 0 Å². The molecule has 2 saturated carbocycles. The first kappa shape index (κ1) is 19.0.